The molecular formula is C11H17N5O2. The molecule has 7 heteroatoms. The number of pyridine rings is 1. The van der Waals surface area contributed by atoms with E-state index in [2.05, 4.69) is 15.6 Å². The van der Waals surface area contributed by atoms with Gasteiger partial charge in [0.1, 0.15) is 5.82 Å². The summed E-state index contributed by atoms with van der Waals surface area (Å²) >= 11 is 0. The summed E-state index contributed by atoms with van der Waals surface area (Å²) in [4.78, 5) is 26.5. The molecule has 7 nitrogen and oxygen atoms in total. The molecule has 1 aromatic rings. The number of rotatable bonds is 6. The molecule has 0 aliphatic carbocycles. The molecule has 18 heavy (non-hydrogen) atoms. The molecule has 2 amide bonds. The third kappa shape index (κ3) is 3.93. The minimum Gasteiger partial charge on any atom is -0.397 e. The normalized spacial score (nSPS) is 9.83. The molecule has 1 heterocycles. The second kappa shape index (κ2) is 6.43. The first kappa shape index (κ1) is 13.8. The summed E-state index contributed by atoms with van der Waals surface area (Å²) in [6, 6.07) is 1.42. The number of aromatic nitrogens is 1. The minimum absolute atomic E-state index is 0.0250. The summed E-state index contributed by atoms with van der Waals surface area (Å²) in [5.74, 6) is -0.569. The number of carbonyl (C=O) groups is 2. The SMILES string of the molecule is CCCNC(=O)CNc1ncc(N)cc1C(N)=O. The van der Waals surface area contributed by atoms with E-state index >= 15 is 0 Å². The highest BCUT2D eigenvalue weighted by atomic mass is 16.2. The number of nitrogen functional groups attached to an aromatic ring is 1. The summed E-state index contributed by atoms with van der Waals surface area (Å²) in [7, 11) is 0. The first-order chi connectivity index (χ1) is 8.54. The summed E-state index contributed by atoms with van der Waals surface area (Å²) in [5.41, 5.74) is 11.2. The number of nitrogens with one attached hydrogen (secondary N) is 2. The zero-order valence-corrected chi connectivity index (χ0v) is 10.2. The van der Waals surface area contributed by atoms with Crippen LogP contribution in [-0.4, -0.2) is 29.9 Å². The van der Waals surface area contributed by atoms with Crippen molar-refractivity contribution < 1.29 is 9.59 Å². The lowest BCUT2D eigenvalue weighted by molar-refractivity contribution is -0.119. The van der Waals surface area contributed by atoms with Crippen LogP contribution in [0.4, 0.5) is 11.5 Å². The Bertz CT molecular complexity index is 447. The van der Waals surface area contributed by atoms with Gasteiger partial charge in [-0.25, -0.2) is 4.98 Å². The molecule has 0 radical (unpaired) electrons. The standard InChI is InChI=1S/C11H17N5O2/c1-2-3-14-9(17)6-16-11-8(10(13)18)4-7(12)5-15-11/h4-5H,2-3,6,12H2,1H3,(H2,13,18)(H,14,17)(H,15,16). The average Bonchev–Trinajstić information content (AvgIpc) is 2.34. The molecule has 0 bridgehead atoms. The molecular weight excluding hydrogens is 234 g/mol. The largest absolute Gasteiger partial charge is 0.397 e. The van der Waals surface area contributed by atoms with Gasteiger partial charge in [-0.15, -0.1) is 0 Å². The molecule has 1 aromatic heterocycles. The zero-order valence-electron chi connectivity index (χ0n) is 10.2. The fraction of sp³-hybridized carbons (Fsp3) is 0.364. The first-order valence-electron chi connectivity index (χ1n) is 5.60. The summed E-state index contributed by atoms with van der Waals surface area (Å²) in [6.45, 7) is 2.59. The minimum atomic E-state index is -0.647. The van der Waals surface area contributed by atoms with E-state index in [0.717, 1.165) is 6.42 Å². The number of anilines is 2. The topological polar surface area (TPSA) is 123 Å². The van der Waals surface area contributed by atoms with Crippen LogP contribution in [0.25, 0.3) is 0 Å². The Morgan fingerprint density at radius 2 is 2.17 bits per heavy atom. The van der Waals surface area contributed by atoms with Gasteiger partial charge in [-0.3, -0.25) is 9.59 Å². The molecule has 0 saturated carbocycles. The number of carbonyl (C=O) groups excluding carboxylic acids is 2. The van der Waals surface area contributed by atoms with Crippen molar-refractivity contribution in [2.45, 2.75) is 13.3 Å². The van der Waals surface area contributed by atoms with E-state index in [1.807, 2.05) is 6.92 Å². The highest BCUT2D eigenvalue weighted by Crippen LogP contribution is 2.14. The summed E-state index contributed by atoms with van der Waals surface area (Å²) in [5, 5.41) is 5.44. The van der Waals surface area contributed by atoms with Crippen molar-refractivity contribution in [2.75, 3.05) is 24.1 Å². The lowest BCUT2D eigenvalue weighted by Gasteiger charge is -2.09. The van der Waals surface area contributed by atoms with Crippen LogP contribution < -0.4 is 22.1 Å². The van der Waals surface area contributed by atoms with E-state index in [0.29, 0.717) is 12.2 Å². The molecule has 0 saturated heterocycles. The van der Waals surface area contributed by atoms with Crippen LogP contribution in [0.3, 0.4) is 0 Å². The average molecular weight is 251 g/mol. The number of nitrogens with zero attached hydrogens (tertiary/aromatic N) is 1. The Kier molecular flexibility index (Phi) is 4.91. The van der Waals surface area contributed by atoms with Crippen molar-refractivity contribution in [3.05, 3.63) is 17.8 Å². The van der Waals surface area contributed by atoms with Gasteiger partial charge in [0.25, 0.3) is 5.91 Å². The third-order valence-electron chi connectivity index (χ3n) is 2.16. The fourth-order valence-electron chi connectivity index (χ4n) is 1.30. The highest BCUT2D eigenvalue weighted by molar-refractivity contribution is 5.98. The molecule has 0 aromatic carbocycles. The van der Waals surface area contributed by atoms with Gasteiger partial charge in [-0.2, -0.15) is 0 Å². The maximum absolute atomic E-state index is 11.4. The van der Waals surface area contributed by atoms with Crippen molar-refractivity contribution in [1.82, 2.24) is 10.3 Å². The van der Waals surface area contributed by atoms with Gasteiger partial charge in [-0.05, 0) is 12.5 Å². The molecule has 0 unspecified atom stereocenters. The Balaban J connectivity index is 2.67. The number of hydrogen-bond donors (Lipinski definition) is 4. The second-order valence-electron chi connectivity index (χ2n) is 3.73. The fourth-order valence-corrected chi connectivity index (χ4v) is 1.30. The van der Waals surface area contributed by atoms with Gasteiger partial charge in [0.2, 0.25) is 5.91 Å². The molecule has 0 spiro atoms. The maximum atomic E-state index is 11.4. The van der Waals surface area contributed by atoms with Gasteiger partial charge >= 0.3 is 0 Å². The second-order valence-corrected chi connectivity index (χ2v) is 3.73. The van der Waals surface area contributed by atoms with Crippen LogP contribution in [0, 0.1) is 0 Å². The van der Waals surface area contributed by atoms with Crippen LogP contribution in [0.5, 0.6) is 0 Å². The Morgan fingerprint density at radius 1 is 1.44 bits per heavy atom. The van der Waals surface area contributed by atoms with Gasteiger partial charge in [0.15, 0.2) is 0 Å². The zero-order chi connectivity index (χ0) is 13.5. The van der Waals surface area contributed by atoms with Crippen LogP contribution in [0.1, 0.15) is 23.7 Å². The molecule has 98 valence electrons. The summed E-state index contributed by atoms with van der Waals surface area (Å²) in [6.07, 6.45) is 2.25. The molecule has 1 rings (SSSR count). The van der Waals surface area contributed by atoms with E-state index in [1.165, 1.54) is 12.3 Å². The van der Waals surface area contributed by atoms with Crippen LogP contribution in [0.15, 0.2) is 12.3 Å². The van der Waals surface area contributed by atoms with Gasteiger partial charge in [0, 0.05) is 6.54 Å². The number of hydrogen-bond acceptors (Lipinski definition) is 5. The lowest BCUT2D eigenvalue weighted by Crippen LogP contribution is -2.31. The van der Waals surface area contributed by atoms with Crippen LogP contribution >= 0.6 is 0 Å². The number of primary amides is 1. The molecule has 6 N–H and O–H groups in total. The smallest absolute Gasteiger partial charge is 0.252 e. The van der Waals surface area contributed by atoms with Crippen molar-refractivity contribution in [3.8, 4) is 0 Å². The van der Waals surface area contributed by atoms with Crippen LogP contribution in [0.2, 0.25) is 0 Å². The van der Waals surface area contributed by atoms with Crippen LogP contribution in [-0.2, 0) is 4.79 Å². The summed E-state index contributed by atoms with van der Waals surface area (Å²) < 4.78 is 0. The number of nitrogens with two attached hydrogens (primary N) is 2. The van der Waals surface area contributed by atoms with Gasteiger partial charge in [-0.1, -0.05) is 6.92 Å². The quantitative estimate of drug-likeness (QED) is 0.552. The third-order valence-corrected chi connectivity index (χ3v) is 2.16. The highest BCUT2D eigenvalue weighted by Gasteiger charge is 2.11. The number of amides is 2. The van der Waals surface area contributed by atoms with E-state index in [4.69, 9.17) is 11.5 Å². The van der Waals surface area contributed by atoms with E-state index in [1.54, 1.807) is 0 Å². The Hall–Kier alpha value is -2.31. The molecule has 0 aliphatic rings. The van der Waals surface area contributed by atoms with Gasteiger partial charge in [0.05, 0.1) is 24.0 Å². The van der Waals surface area contributed by atoms with Crippen molar-refractivity contribution in [3.63, 3.8) is 0 Å². The van der Waals surface area contributed by atoms with E-state index < -0.39 is 5.91 Å². The predicted molar refractivity (Wildman–Crippen MR) is 69.0 cm³/mol. The first-order valence-corrected chi connectivity index (χ1v) is 5.60. The van der Waals surface area contributed by atoms with Gasteiger partial charge < -0.3 is 22.1 Å². The molecule has 0 fully saturated rings. The predicted octanol–water partition coefficient (Wildman–Crippen LogP) is -0.299. The molecule has 0 atom stereocenters. The lowest BCUT2D eigenvalue weighted by atomic mass is 10.2. The van der Waals surface area contributed by atoms with Crippen molar-refractivity contribution in [1.29, 1.82) is 0 Å². The van der Waals surface area contributed by atoms with E-state index in [9.17, 15) is 9.59 Å². The monoisotopic (exact) mass is 251 g/mol. The Morgan fingerprint density at radius 3 is 2.78 bits per heavy atom. The maximum Gasteiger partial charge on any atom is 0.252 e. The van der Waals surface area contributed by atoms with E-state index in [-0.39, 0.29) is 23.8 Å². The van der Waals surface area contributed by atoms with Crippen molar-refractivity contribution >= 4 is 23.3 Å². The Labute approximate surface area is 105 Å². The van der Waals surface area contributed by atoms with Crippen molar-refractivity contribution in [2.24, 2.45) is 5.73 Å². The molecule has 0 aliphatic heterocycles.